The first-order valence-electron chi connectivity index (χ1n) is 5.06. The Hall–Kier alpha value is -1.26. The van der Waals surface area contributed by atoms with E-state index < -0.39 is 40.4 Å². The molecule has 0 atom stereocenters. The van der Waals surface area contributed by atoms with Crippen molar-refractivity contribution in [2.45, 2.75) is 32.6 Å². The Balaban J connectivity index is 3.50. The second-order valence-corrected chi connectivity index (χ2v) is 3.60. The molecule has 0 amide bonds. The molecule has 0 saturated carbocycles. The van der Waals surface area contributed by atoms with Crippen LogP contribution in [-0.2, 0) is 0 Å². The van der Waals surface area contributed by atoms with E-state index >= 15 is 0 Å². The third-order valence-corrected chi connectivity index (χ3v) is 2.73. The Bertz CT molecular complexity index is 370. The number of hydrogen-bond donors (Lipinski definition) is 1. The van der Waals surface area contributed by atoms with E-state index in [9.17, 15) is 17.6 Å². The van der Waals surface area contributed by atoms with E-state index in [0.717, 1.165) is 0 Å². The SMILES string of the molecule is CCC(CC)c1c(F)c(F)c(N)c(F)c1F. The quantitative estimate of drug-likeness (QED) is 0.482. The zero-order chi connectivity index (χ0) is 12.5. The molecular formula is C11H13F4N. The Morgan fingerprint density at radius 1 is 0.875 bits per heavy atom. The van der Waals surface area contributed by atoms with Gasteiger partial charge in [0.25, 0.3) is 0 Å². The topological polar surface area (TPSA) is 26.0 Å². The highest BCUT2D eigenvalue weighted by atomic mass is 19.2. The Morgan fingerprint density at radius 3 is 1.56 bits per heavy atom. The first-order valence-corrected chi connectivity index (χ1v) is 5.06. The highest BCUT2D eigenvalue weighted by molar-refractivity contribution is 5.46. The second kappa shape index (κ2) is 4.72. The smallest absolute Gasteiger partial charge is 0.185 e. The highest BCUT2D eigenvalue weighted by Gasteiger charge is 2.27. The van der Waals surface area contributed by atoms with Gasteiger partial charge in [-0.25, -0.2) is 17.6 Å². The van der Waals surface area contributed by atoms with E-state index in [1.807, 2.05) is 0 Å². The van der Waals surface area contributed by atoms with Gasteiger partial charge in [0, 0.05) is 5.56 Å². The van der Waals surface area contributed by atoms with Gasteiger partial charge in [-0.15, -0.1) is 0 Å². The molecule has 1 rings (SSSR count). The molecule has 5 heteroatoms. The number of rotatable bonds is 3. The van der Waals surface area contributed by atoms with E-state index in [4.69, 9.17) is 5.73 Å². The van der Waals surface area contributed by atoms with Crippen molar-refractivity contribution in [3.8, 4) is 0 Å². The Kier molecular flexibility index (Phi) is 3.78. The third-order valence-electron chi connectivity index (χ3n) is 2.73. The van der Waals surface area contributed by atoms with Gasteiger partial charge in [-0.2, -0.15) is 0 Å². The number of anilines is 1. The van der Waals surface area contributed by atoms with Crippen LogP contribution in [0.25, 0.3) is 0 Å². The van der Waals surface area contributed by atoms with Crippen LogP contribution in [0.3, 0.4) is 0 Å². The zero-order valence-corrected chi connectivity index (χ0v) is 9.08. The van der Waals surface area contributed by atoms with Gasteiger partial charge >= 0.3 is 0 Å². The van der Waals surface area contributed by atoms with Crippen molar-refractivity contribution in [1.82, 2.24) is 0 Å². The molecule has 1 aromatic carbocycles. The summed E-state index contributed by atoms with van der Waals surface area (Å²) in [5.41, 5.74) is 3.25. The molecule has 0 heterocycles. The average Bonchev–Trinajstić information content (AvgIpc) is 2.29. The van der Waals surface area contributed by atoms with Crippen molar-refractivity contribution in [3.63, 3.8) is 0 Å². The monoisotopic (exact) mass is 235 g/mol. The van der Waals surface area contributed by atoms with Crippen LogP contribution in [0.1, 0.15) is 38.2 Å². The van der Waals surface area contributed by atoms with Crippen molar-refractivity contribution in [3.05, 3.63) is 28.8 Å². The molecule has 0 aliphatic rings. The van der Waals surface area contributed by atoms with Crippen LogP contribution >= 0.6 is 0 Å². The molecule has 0 bridgehead atoms. The van der Waals surface area contributed by atoms with E-state index in [1.165, 1.54) is 0 Å². The van der Waals surface area contributed by atoms with Crippen LogP contribution in [0.15, 0.2) is 0 Å². The van der Waals surface area contributed by atoms with Crippen LogP contribution in [-0.4, -0.2) is 0 Å². The fourth-order valence-electron chi connectivity index (χ4n) is 1.72. The molecule has 1 nitrogen and oxygen atoms in total. The molecule has 0 aromatic heterocycles. The summed E-state index contributed by atoms with van der Waals surface area (Å²) in [7, 11) is 0. The molecule has 16 heavy (non-hydrogen) atoms. The minimum Gasteiger partial charge on any atom is -0.394 e. The summed E-state index contributed by atoms with van der Waals surface area (Å²) in [6.45, 7) is 3.39. The van der Waals surface area contributed by atoms with Crippen molar-refractivity contribution < 1.29 is 17.6 Å². The van der Waals surface area contributed by atoms with Crippen LogP contribution in [0.5, 0.6) is 0 Å². The zero-order valence-electron chi connectivity index (χ0n) is 9.08. The molecule has 0 unspecified atom stereocenters. The van der Waals surface area contributed by atoms with E-state index in [1.54, 1.807) is 13.8 Å². The van der Waals surface area contributed by atoms with Crippen molar-refractivity contribution in [1.29, 1.82) is 0 Å². The normalized spacial score (nSPS) is 11.2. The molecule has 0 aliphatic carbocycles. The predicted molar refractivity (Wildman–Crippen MR) is 54.0 cm³/mol. The number of nitrogen functional groups attached to an aromatic ring is 1. The minimum atomic E-state index is -1.51. The molecule has 90 valence electrons. The molecular weight excluding hydrogens is 222 g/mol. The maximum Gasteiger partial charge on any atom is 0.185 e. The van der Waals surface area contributed by atoms with Crippen molar-refractivity contribution in [2.24, 2.45) is 0 Å². The van der Waals surface area contributed by atoms with Gasteiger partial charge in [0.05, 0.1) is 0 Å². The largest absolute Gasteiger partial charge is 0.394 e. The summed E-state index contributed by atoms with van der Waals surface area (Å²) >= 11 is 0. The number of nitrogens with two attached hydrogens (primary N) is 1. The summed E-state index contributed by atoms with van der Waals surface area (Å²) in [6.07, 6.45) is 0.792. The highest BCUT2D eigenvalue weighted by Crippen LogP contribution is 2.33. The molecule has 0 radical (unpaired) electrons. The summed E-state index contributed by atoms with van der Waals surface area (Å²) in [4.78, 5) is 0. The van der Waals surface area contributed by atoms with Crippen LogP contribution in [0.2, 0.25) is 0 Å². The molecule has 2 N–H and O–H groups in total. The number of hydrogen-bond acceptors (Lipinski definition) is 1. The molecule has 0 saturated heterocycles. The van der Waals surface area contributed by atoms with E-state index in [-0.39, 0.29) is 0 Å². The van der Waals surface area contributed by atoms with Gasteiger partial charge in [-0.1, -0.05) is 13.8 Å². The van der Waals surface area contributed by atoms with Crippen LogP contribution in [0.4, 0.5) is 23.2 Å². The van der Waals surface area contributed by atoms with E-state index in [0.29, 0.717) is 12.8 Å². The fraction of sp³-hybridized carbons (Fsp3) is 0.455. The lowest BCUT2D eigenvalue weighted by Crippen LogP contribution is -2.11. The van der Waals surface area contributed by atoms with Gasteiger partial charge in [-0.3, -0.25) is 0 Å². The number of halogens is 4. The average molecular weight is 235 g/mol. The molecule has 0 fully saturated rings. The Labute approximate surface area is 91.3 Å². The van der Waals surface area contributed by atoms with Crippen molar-refractivity contribution in [2.75, 3.05) is 5.73 Å². The standard InChI is InChI=1S/C11H13F4N/c1-3-5(4-2)6-7(12)9(14)11(16)10(15)8(6)13/h5H,3-4,16H2,1-2H3. The van der Waals surface area contributed by atoms with Gasteiger partial charge in [0.1, 0.15) is 5.69 Å². The first kappa shape index (κ1) is 12.8. The van der Waals surface area contributed by atoms with Gasteiger partial charge in [-0.05, 0) is 18.8 Å². The summed E-state index contributed by atoms with van der Waals surface area (Å²) in [5.74, 6) is -6.35. The third kappa shape index (κ3) is 1.86. The fourth-order valence-corrected chi connectivity index (χ4v) is 1.72. The molecule has 0 spiro atoms. The molecule has 0 aliphatic heterocycles. The maximum atomic E-state index is 13.5. The lowest BCUT2D eigenvalue weighted by atomic mass is 9.92. The first-order chi connectivity index (χ1) is 7.45. The summed E-state index contributed by atoms with van der Waals surface area (Å²) < 4.78 is 53.2. The lowest BCUT2D eigenvalue weighted by Gasteiger charge is -2.16. The summed E-state index contributed by atoms with van der Waals surface area (Å²) in [5, 5.41) is 0. The van der Waals surface area contributed by atoms with Crippen molar-refractivity contribution >= 4 is 5.69 Å². The molecule has 1 aromatic rings. The maximum absolute atomic E-state index is 13.5. The van der Waals surface area contributed by atoms with Gasteiger partial charge in [0.15, 0.2) is 23.3 Å². The minimum absolute atomic E-state index is 0.396. The Morgan fingerprint density at radius 2 is 1.25 bits per heavy atom. The van der Waals surface area contributed by atoms with Crippen LogP contribution in [0, 0.1) is 23.3 Å². The van der Waals surface area contributed by atoms with Crippen LogP contribution < -0.4 is 5.73 Å². The van der Waals surface area contributed by atoms with Gasteiger partial charge in [0.2, 0.25) is 0 Å². The lowest BCUT2D eigenvalue weighted by molar-refractivity contribution is 0.425. The summed E-state index contributed by atoms with van der Waals surface area (Å²) in [6, 6.07) is 0. The second-order valence-electron chi connectivity index (χ2n) is 3.60. The van der Waals surface area contributed by atoms with E-state index in [2.05, 4.69) is 0 Å². The number of benzene rings is 1. The van der Waals surface area contributed by atoms with Gasteiger partial charge < -0.3 is 5.73 Å². The predicted octanol–water partition coefficient (Wildman–Crippen LogP) is 3.73.